The molecule has 0 fully saturated rings. The molecule has 1 aromatic heterocycles. The molecule has 112 valence electrons. The average molecular weight is 285 g/mol. The van der Waals surface area contributed by atoms with E-state index in [1.54, 1.807) is 4.68 Å². The second-order valence-electron chi connectivity index (χ2n) is 4.78. The Bertz CT molecular complexity index is 590. The van der Waals surface area contributed by atoms with Crippen molar-refractivity contribution in [2.75, 3.05) is 18.4 Å². The maximum Gasteiger partial charge on any atom is 0.225 e. The lowest BCUT2D eigenvalue weighted by Crippen LogP contribution is -2.21. The van der Waals surface area contributed by atoms with Crippen LogP contribution in [-0.2, 0) is 7.05 Å². The largest absolute Gasteiger partial charge is 0.327 e. The van der Waals surface area contributed by atoms with E-state index in [1.807, 2.05) is 38.3 Å². The highest BCUT2D eigenvalue weighted by Crippen LogP contribution is 2.18. The van der Waals surface area contributed by atoms with Gasteiger partial charge in [-0.05, 0) is 19.9 Å². The molecule has 1 heterocycles. The smallest absolute Gasteiger partial charge is 0.225 e. The van der Waals surface area contributed by atoms with Crippen molar-refractivity contribution in [3.63, 3.8) is 0 Å². The lowest BCUT2D eigenvalue weighted by molar-refractivity contribution is 0.753. The third-order valence-corrected chi connectivity index (χ3v) is 3.20. The molecule has 0 saturated heterocycles. The van der Waals surface area contributed by atoms with E-state index in [0.29, 0.717) is 0 Å². The topological polar surface area (TPSA) is 54.8 Å². The van der Waals surface area contributed by atoms with E-state index in [1.165, 1.54) is 0 Å². The summed E-state index contributed by atoms with van der Waals surface area (Å²) in [6, 6.07) is 0. The van der Waals surface area contributed by atoms with Crippen LogP contribution in [0.25, 0.3) is 5.57 Å². The second kappa shape index (κ2) is 7.59. The highest BCUT2D eigenvalue weighted by Gasteiger charge is 2.10. The van der Waals surface area contributed by atoms with E-state index in [-0.39, 0.29) is 0 Å². The number of aryl methyl sites for hydroxylation is 1. The van der Waals surface area contributed by atoms with Crippen LogP contribution in [0.15, 0.2) is 42.2 Å². The van der Waals surface area contributed by atoms with Gasteiger partial charge in [0.15, 0.2) is 5.82 Å². The molecule has 0 aromatic carbocycles. The zero-order valence-electron chi connectivity index (χ0n) is 12.9. The minimum absolute atomic E-state index is 0.749. The molecule has 0 unspecified atom stereocenters. The van der Waals surface area contributed by atoms with Gasteiger partial charge >= 0.3 is 0 Å². The van der Waals surface area contributed by atoms with Gasteiger partial charge in [-0.2, -0.15) is 4.98 Å². The fourth-order valence-corrected chi connectivity index (χ4v) is 1.98. The number of nitrogens with zero attached hydrogens (tertiary/aromatic N) is 3. The first kappa shape index (κ1) is 15.3. The van der Waals surface area contributed by atoms with Gasteiger partial charge in [0.05, 0.1) is 0 Å². The highest BCUT2D eigenvalue weighted by molar-refractivity contribution is 5.71. The van der Waals surface area contributed by atoms with Crippen molar-refractivity contribution < 1.29 is 0 Å². The van der Waals surface area contributed by atoms with Gasteiger partial charge in [-0.15, -0.1) is 5.10 Å². The Morgan fingerprint density at radius 1 is 1.43 bits per heavy atom. The minimum Gasteiger partial charge on any atom is -0.327 e. The Hall–Kier alpha value is -2.14. The number of hydrogen-bond donors (Lipinski definition) is 2. The molecule has 1 aliphatic rings. The van der Waals surface area contributed by atoms with E-state index in [2.05, 4.69) is 39.8 Å². The maximum absolute atomic E-state index is 4.60. The first-order chi connectivity index (χ1) is 10.2. The van der Waals surface area contributed by atoms with Gasteiger partial charge in [0.1, 0.15) is 0 Å². The molecule has 0 amide bonds. The summed E-state index contributed by atoms with van der Waals surface area (Å²) >= 11 is 0. The summed E-state index contributed by atoms with van der Waals surface area (Å²) in [5, 5.41) is 11.1. The molecule has 5 nitrogen and oxygen atoms in total. The third-order valence-electron chi connectivity index (χ3n) is 3.20. The predicted octanol–water partition coefficient (Wildman–Crippen LogP) is 2.64. The van der Waals surface area contributed by atoms with Crippen molar-refractivity contribution >= 4 is 11.5 Å². The van der Waals surface area contributed by atoms with E-state index in [4.69, 9.17) is 0 Å². The molecule has 2 rings (SSSR count). The normalized spacial score (nSPS) is 15.0. The van der Waals surface area contributed by atoms with Crippen molar-refractivity contribution in [3.05, 3.63) is 48.0 Å². The highest BCUT2D eigenvalue weighted by atomic mass is 15.4. The summed E-state index contributed by atoms with van der Waals surface area (Å²) < 4.78 is 1.78. The molecule has 21 heavy (non-hydrogen) atoms. The molecule has 1 aliphatic carbocycles. The van der Waals surface area contributed by atoms with Crippen LogP contribution >= 0.6 is 0 Å². The van der Waals surface area contributed by atoms with Gasteiger partial charge in [-0.3, -0.25) is 0 Å². The van der Waals surface area contributed by atoms with Crippen LogP contribution in [0.3, 0.4) is 0 Å². The Labute approximate surface area is 126 Å². The van der Waals surface area contributed by atoms with Crippen LogP contribution in [0.5, 0.6) is 0 Å². The molecule has 0 spiro atoms. The SMILES string of the molecule is C/C=C(/CNCC)Nc1nc(C2=CCC=CC=C2)nn1C. The standard InChI is InChI=1S/C16H23N5/c1-4-14(12-17-5-2)18-16-19-15(20-21(16)3)13-10-8-6-7-9-11-13/h4,6-8,10-11,17H,5,9,12H2,1-3H3,(H,18,19,20)/b14-4-. The van der Waals surface area contributed by atoms with Crippen LogP contribution in [0.2, 0.25) is 0 Å². The molecular weight excluding hydrogens is 262 g/mol. The van der Waals surface area contributed by atoms with Crippen LogP contribution in [-0.4, -0.2) is 27.9 Å². The Morgan fingerprint density at radius 2 is 2.29 bits per heavy atom. The number of allylic oxidation sites excluding steroid dienone is 7. The number of nitrogens with one attached hydrogen (secondary N) is 2. The summed E-state index contributed by atoms with van der Waals surface area (Å²) in [6.45, 7) is 5.83. The van der Waals surface area contributed by atoms with Crippen molar-refractivity contribution in [3.8, 4) is 0 Å². The van der Waals surface area contributed by atoms with Gasteiger partial charge in [-0.1, -0.05) is 43.4 Å². The fraction of sp³-hybridized carbons (Fsp3) is 0.375. The summed E-state index contributed by atoms with van der Waals surface area (Å²) in [7, 11) is 1.90. The van der Waals surface area contributed by atoms with Gasteiger partial charge in [0, 0.05) is 24.9 Å². The Balaban J connectivity index is 2.14. The molecule has 5 heteroatoms. The number of hydrogen-bond acceptors (Lipinski definition) is 4. The molecule has 2 N–H and O–H groups in total. The molecule has 0 bridgehead atoms. The summed E-state index contributed by atoms with van der Waals surface area (Å²) in [5.74, 6) is 1.50. The van der Waals surface area contributed by atoms with E-state index in [0.717, 1.165) is 42.6 Å². The minimum atomic E-state index is 0.749. The number of likely N-dealkylation sites (N-methyl/N-ethyl adjacent to an activating group) is 1. The van der Waals surface area contributed by atoms with Crippen LogP contribution < -0.4 is 10.6 Å². The van der Waals surface area contributed by atoms with Crippen molar-refractivity contribution in [1.29, 1.82) is 0 Å². The average Bonchev–Trinajstić information content (AvgIpc) is 2.71. The molecular formula is C16H23N5. The van der Waals surface area contributed by atoms with Crippen LogP contribution in [0, 0.1) is 0 Å². The number of aromatic nitrogens is 3. The number of rotatable bonds is 6. The predicted molar refractivity (Wildman–Crippen MR) is 87.8 cm³/mol. The Kier molecular flexibility index (Phi) is 5.51. The van der Waals surface area contributed by atoms with E-state index in [9.17, 15) is 0 Å². The fourth-order valence-electron chi connectivity index (χ4n) is 1.98. The summed E-state index contributed by atoms with van der Waals surface area (Å²) in [5.41, 5.74) is 2.14. The van der Waals surface area contributed by atoms with E-state index >= 15 is 0 Å². The molecule has 0 saturated carbocycles. The van der Waals surface area contributed by atoms with Gasteiger partial charge < -0.3 is 10.6 Å². The van der Waals surface area contributed by atoms with Crippen molar-refractivity contribution in [1.82, 2.24) is 20.1 Å². The van der Waals surface area contributed by atoms with Gasteiger partial charge in [0.2, 0.25) is 5.95 Å². The third kappa shape index (κ3) is 4.16. The monoisotopic (exact) mass is 285 g/mol. The summed E-state index contributed by atoms with van der Waals surface area (Å²) in [4.78, 5) is 4.60. The van der Waals surface area contributed by atoms with Crippen LogP contribution in [0.4, 0.5) is 5.95 Å². The zero-order valence-corrected chi connectivity index (χ0v) is 12.9. The molecule has 0 aliphatic heterocycles. The van der Waals surface area contributed by atoms with Gasteiger partial charge in [0.25, 0.3) is 0 Å². The lowest BCUT2D eigenvalue weighted by atomic mass is 10.2. The first-order valence-corrected chi connectivity index (χ1v) is 7.32. The van der Waals surface area contributed by atoms with Gasteiger partial charge in [-0.25, -0.2) is 4.68 Å². The molecule has 1 aromatic rings. The second-order valence-corrected chi connectivity index (χ2v) is 4.78. The number of anilines is 1. The molecule has 0 radical (unpaired) electrons. The maximum atomic E-state index is 4.60. The Morgan fingerprint density at radius 3 is 3.05 bits per heavy atom. The van der Waals surface area contributed by atoms with Crippen molar-refractivity contribution in [2.24, 2.45) is 7.05 Å². The zero-order chi connectivity index (χ0) is 15.1. The van der Waals surface area contributed by atoms with E-state index < -0.39 is 0 Å². The summed E-state index contributed by atoms with van der Waals surface area (Å²) in [6.07, 6.45) is 13.3. The first-order valence-electron chi connectivity index (χ1n) is 7.32. The quantitative estimate of drug-likeness (QED) is 0.843. The lowest BCUT2D eigenvalue weighted by Gasteiger charge is -2.09. The van der Waals surface area contributed by atoms with Crippen molar-refractivity contribution in [2.45, 2.75) is 20.3 Å². The molecule has 0 atom stereocenters. The van der Waals surface area contributed by atoms with Crippen LogP contribution in [0.1, 0.15) is 26.1 Å².